The highest BCUT2D eigenvalue weighted by Crippen LogP contribution is 2.24. The van der Waals surface area contributed by atoms with E-state index in [9.17, 15) is 9.59 Å². The third kappa shape index (κ3) is 7.80. The Labute approximate surface area is 200 Å². The Balaban J connectivity index is 1.32. The van der Waals surface area contributed by atoms with E-state index >= 15 is 0 Å². The van der Waals surface area contributed by atoms with Crippen LogP contribution in [0.25, 0.3) is 0 Å². The molecular formula is C23H34Cl2N4O3. The molecule has 0 spiro atoms. The Kier molecular flexibility index (Phi) is 9.91. The minimum absolute atomic E-state index is 0.0178. The van der Waals surface area contributed by atoms with Crippen LogP contribution in [0.2, 0.25) is 10.0 Å². The molecule has 1 aromatic carbocycles. The van der Waals surface area contributed by atoms with Gasteiger partial charge in [0.05, 0.1) is 22.8 Å². The third-order valence-corrected chi connectivity index (χ3v) is 6.89. The number of benzene rings is 1. The zero-order valence-electron chi connectivity index (χ0n) is 18.7. The van der Waals surface area contributed by atoms with Crippen molar-refractivity contribution in [2.45, 2.75) is 45.3 Å². The van der Waals surface area contributed by atoms with Gasteiger partial charge in [-0.2, -0.15) is 0 Å². The molecule has 9 heteroatoms. The van der Waals surface area contributed by atoms with Gasteiger partial charge in [-0.15, -0.1) is 0 Å². The van der Waals surface area contributed by atoms with E-state index in [1.54, 1.807) is 0 Å². The standard InChI is InChI=1S/C23H34Cl2N4O3/c1-2-26-23(31)29-9-7-17(8-10-29)4-6-22(30)27-14-19-16-28(11-12-32-19)15-18-3-5-20(24)21(25)13-18/h3,5,13,17,19H,2,4,6-12,14-16H2,1H3,(H,26,31)(H,27,30)/t19-/m0/s1. The summed E-state index contributed by atoms with van der Waals surface area (Å²) >= 11 is 12.1. The number of morpholine rings is 1. The van der Waals surface area contributed by atoms with Crippen LogP contribution in [0.15, 0.2) is 18.2 Å². The van der Waals surface area contributed by atoms with Crippen LogP contribution in [0, 0.1) is 5.92 Å². The molecular weight excluding hydrogens is 451 g/mol. The molecule has 2 aliphatic heterocycles. The van der Waals surface area contributed by atoms with Gasteiger partial charge in [0.2, 0.25) is 5.91 Å². The average molecular weight is 485 g/mol. The van der Waals surface area contributed by atoms with Gasteiger partial charge in [0.15, 0.2) is 0 Å². The number of hydrogen-bond donors (Lipinski definition) is 2. The molecule has 178 valence electrons. The number of amides is 3. The van der Waals surface area contributed by atoms with Gasteiger partial charge in [0.25, 0.3) is 0 Å². The van der Waals surface area contributed by atoms with Crippen molar-refractivity contribution in [3.63, 3.8) is 0 Å². The van der Waals surface area contributed by atoms with Crippen LogP contribution in [0.4, 0.5) is 4.79 Å². The summed E-state index contributed by atoms with van der Waals surface area (Å²) < 4.78 is 5.84. The predicted octanol–water partition coefficient (Wildman–Crippen LogP) is 3.53. The van der Waals surface area contributed by atoms with Crippen molar-refractivity contribution in [3.05, 3.63) is 33.8 Å². The Morgan fingerprint density at radius 3 is 2.62 bits per heavy atom. The smallest absolute Gasteiger partial charge is 0.317 e. The molecule has 32 heavy (non-hydrogen) atoms. The van der Waals surface area contributed by atoms with Crippen LogP contribution in [-0.4, -0.2) is 73.7 Å². The maximum absolute atomic E-state index is 12.3. The van der Waals surface area contributed by atoms with Crippen LogP contribution < -0.4 is 10.6 Å². The second-order valence-electron chi connectivity index (χ2n) is 8.59. The number of carbonyl (C=O) groups excluding carboxylic acids is 2. The van der Waals surface area contributed by atoms with Crippen LogP contribution >= 0.6 is 23.2 Å². The Hall–Kier alpha value is -1.54. The van der Waals surface area contributed by atoms with Crippen LogP contribution in [-0.2, 0) is 16.1 Å². The van der Waals surface area contributed by atoms with Gasteiger partial charge in [-0.25, -0.2) is 4.79 Å². The SMILES string of the molecule is CCNC(=O)N1CCC(CCC(=O)NC[C@H]2CN(Cc3ccc(Cl)c(Cl)c3)CCO2)CC1. The van der Waals surface area contributed by atoms with Gasteiger partial charge in [-0.3, -0.25) is 9.69 Å². The van der Waals surface area contributed by atoms with E-state index in [1.165, 1.54) is 0 Å². The van der Waals surface area contributed by atoms with Crippen molar-refractivity contribution in [1.82, 2.24) is 20.4 Å². The first-order chi connectivity index (χ1) is 15.4. The fourth-order valence-corrected chi connectivity index (χ4v) is 4.60. The van der Waals surface area contributed by atoms with E-state index in [-0.39, 0.29) is 18.0 Å². The average Bonchev–Trinajstić information content (AvgIpc) is 2.79. The molecule has 2 saturated heterocycles. The third-order valence-electron chi connectivity index (χ3n) is 6.15. The van der Waals surface area contributed by atoms with E-state index in [1.807, 2.05) is 30.0 Å². The first kappa shape index (κ1) is 25.1. The highest BCUT2D eigenvalue weighted by Gasteiger charge is 2.24. The summed E-state index contributed by atoms with van der Waals surface area (Å²) in [4.78, 5) is 28.4. The van der Waals surface area contributed by atoms with E-state index < -0.39 is 0 Å². The number of hydrogen-bond acceptors (Lipinski definition) is 4. The molecule has 2 N–H and O–H groups in total. The molecule has 0 bridgehead atoms. The number of halogens is 2. The molecule has 0 saturated carbocycles. The first-order valence-corrected chi connectivity index (χ1v) is 12.3. The van der Waals surface area contributed by atoms with Gasteiger partial charge in [0, 0.05) is 52.2 Å². The summed E-state index contributed by atoms with van der Waals surface area (Å²) in [6.07, 6.45) is 3.28. The maximum Gasteiger partial charge on any atom is 0.317 e. The molecule has 2 fully saturated rings. The maximum atomic E-state index is 12.3. The number of ether oxygens (including phenoxy) is 1. The number of likely N-dealkylation sites (tertiary alicyclic amines) is 1. The van der Waals surface area contributed by atoms with E-state index in [0.717, 1.165) is 57.5 Å². The van der Waals surface area contributed by atoms with Crippen molar-refractivity contribution in [2.75, 3.05) is 45.9 Å². The van der Waals surface area contributed by atoms with Gasteiger partial charge in [0.1, 0.15) is 0 Å². The largest absolute Gasteiger partial charge is 0.374 e. The van der Waals surface area contributed by atoms with Gasteiger partial charge in [-0.05, 0) is 49.8 Å². The first-order valence-electron chi connectivity index (χ1n) is 11.5. The molecule has 3 amide bonds. The lowest BCUT2D eigenvalue weighted by molar-refractivity contribution is -0.122. The topological polar surface area (TPSA) is 73.9 Å². The van der Waals surface area contributed by atoms with Crippen molar-refractivity contribution in [2.24, 2.45) is 5.92 Å². The van der Waals surface area contributed by atoms with Crippen molar-refractivity contribution < 1.29 is 14.3 Å². The fraction of sp³-hybridized carbons (Fsp3) is 0.652. The minimum Gasteiger partial charge on any atom is -0.374 e. The van der Waals surface area contributed by atoms with Crippen molar-refractivity contribution in [1.29, 1.82) is 0 Å². The molecule has 2 heterocycles. The van der Waals surface area contributed by atoms with Crippen molar-refractivity contribution in [3.8, 4) is 0 Å². The number of rotatable bonds is 8. The lowest BCUT2D eigenvalue weighted by atomic mass is 9.92. The minimum atomic E-state index is -0.0178. The molecule has 0 radical (unpaired) electrons. The fourth-order valence-electron chi connectivity index (χ4n) is 4.28. The van der Waals surface area contributed by atoms with Gasteiger partial charge < -0.3 is 20.3 Å². The summed E-state index contributed by atoms with van der Waals surface area (Å²) in [5.74, 6) is 0.570. The number of piperidine rings is 1. The van der Waals surface area contributed by atoms with Crippen molar-refractivity contribution >= 4 is 35.1 Å². The summed E-state index contributed by atoms with van der Waals surface area (Å²) in [5.41, 5.74) is 1.11. The Bertz CT molecular complexity index is 772. The van der Waals surface area contributed by atoms with E-state index in [4.69, 9.17) is 27.9 Å². The monoisotopic (exact) mass is 484 g/mol. The van der Waals surface area contributed by atoms with Gasteiger partial charge >= 0.3 is 6.03 Å². The molecule has 7 nitrogen and oxygen atoms in total. The quantitative estimate of drug-likeness (QED) is 0.591. The summed E-state index contributed by atoms with van der Waals surface area (Å²) in [7, 11) is 0. The number of carbonyl (C=O) groups is 2. The van der Waals surface area contributed by atoms with E-state index in [0.29, 0.717) is 42.1 Å². The normalized spacial score (nSPS) is 20.2. The second-order valence-corrected chi connectivity index (χ2v) is 9.40. The Morgan fingerprint density at radius 1 is 1.12 bits per heavy atom. The zero-order valence-corrected chi connectivity index (χ0v) is 20.3. The lowest BCUT2D eigenvalue weighted by Gasteiger charge is -2.33. The molecule has 2 aliphatic rings. The number of urea groups is 1. The number of nitrogens with zero attached hydrogens (tertiary/aromatic N) is 2. The molecule has 3 rings (SSSR count). The van der Waals surface area contributed by atoms with Gasteiger partial charge in [-0.1, -0.05) is 29.3 Å². The predicted molar refractivity (Wildman–Crippen MR) is 127 cm³/mol. The highest BCUT2D eigenvalue weighted by molar-refractivity contribution is 6.42. The molecule has 1 aromatic rings. The second kappa shape index (κ2) is 12.6. The zero-order chi connectivity index (χ0) is 22.9. The molecule has 0 aliphatic carbocycles. The summed E-state index contributed by atoms with van der Waals surface area (Å²) in [6.45, 7) is 7.66. The molecule has 0 unspecified atom stereocenters. The lowest BCUT2D eigenvalue weighted by Crippen LogP contribution is -2.47. The van der Waals surface area contributed by atoms with Crippen LogP contribution in [0.5, 0.6) is 0 Å². The van der Waals surface area contributed by atoms with E-state index in [2.05, 4.69) is 15.5 Å². The Morgan fingerprint density at radius 2 is 1.91 bits per heavy atom. The molecule has 1 atom stereocenters. The van der Waals surface area contributed by atoms with Crippen LogP contribution in [0.3, 0.4) is 0 Å². The summed E-state index contributed by atoms with van der Waals surface area (Å²) in [5, 5.41) is 7.01. The number of nitrogens with one attached hydrogen (secondary N) is 2. The highest BCUT2D eigenvalue weighted by atomic mass is 35.5. The molecule has 0 aromatic heterocycles. The summed E-state index contributed by atoms with van der Waals surface area (Å²) in [6, 6.07) is 5.73. The van der Waals surface area contributed by atoms with Crippen LogP contribution in [0.1, 0.15) is 38.2 Å².